The Balaban J connectivity index is 1.51. The van der Waals surface area contributed by atoms with E-state index in [2.05, 4.69) is 52.6 Å². The van der Waals surface area contributed by atoms with Crippen LogP contribution in [0.4, 0.5) is 0 Å². The van der Waals surface area contributed by atoms with E-state index in [1.54, 1.807) is 7.11 Å². The molecule has 1 atom stereocenters. The molecule has 4 rings (SSSR count). The number of aromatic amines is 1. The molecule has 1 aliphatic rings. The molecule has 0 bridgehead atoms. The Kier molecular flexibility index (Phi) is 8.02. The number of hydrogen-bond acceptors (Lipinski definition) is 4. The highest BCUT2D eigenvalue weighted by Crippen LogP contribution is 2.38. The maximum absolute atomic E-state index is 13.0. The van der Waals surface area contributed by atoms with Crippen molar-refractivity contribution in [3.05, 3.63) is 65.4 Å². The second-order valence-corrected chi connectivity index (χ2v) is 8.59. The minimum Gasteiger partial charge on any atom is -0.496 e. The Bertz CT molecular complexity index is 1060. The molecule has 1 amide bonds. The smallest absolute Gasteiger partial charge is 0.220 e. The first-order chi connectivity index (χ1) is 16.2. The van der Waals surface area contributed by atoms with Crippen molar-refractivity contribution < 1.29 is 14.3 Å². The van der Waals surface area contributed by atoms with Crippen LogP contribution in [0.2, 0.25) is 0 Å². The molecule has 2 heterocycles. The largest absolute Gasteiger partial charge is 0.496 e. The van der Waals surface area contributed by atoms with Gasteiger partial charge >= 0.3 is 0 Å². The van der Waals surface area contributed by atoms with Gasteiger partial charge in [0.1, 0.15) is 5.75 Å². The highest BCUT2D eigenvalue weighted by atomic mass is 16.5. The molecule has 176 valence electrons. The Morgan fingerprint density at radius 2 is 1.97 bits per heavy atom. The molecule has 33 heavy (non-hydrogen) atoms. The maximum atomic E-state index is 13.0. The molecule has 3 aromatic rings. The van der Waals surface area contributed by atoms with Gasteiger partial charge in [-0.2, -0.15) is 0 Å². The van der Waals surface area contributed by atoms with Gasteiger partial charge in [-0.25, -0.2) is 0 Å². The fourth-order valence-electron chi connectivity index (χ4n) is 4.78. The van der Waals surface area contributed by atoms with Crippen LogP contribution in [0.3, 0.4) is 0 Å². The van der Waals surface area contributed by atoms with Crippen molar-refractivity contribution in [2.75, 3.05) is 46.5 Å². The molecular weight excluding hydrogens is 414 g/mol. The summed E-state index contributed by atoms with van der Waals surface area (Å²) in [4.78, 5) is 18.9. The maximum Gasteiger partial charge on any atom is 0.220 e. The van der Waals surface area contributed by atoms with Crippen LogP contribution in [0, 0.1) is 0 Å². The van der Waals surface area contributed by atoms with Gasteiger partial charge in [0.25, 0.3) is 0 Å². The molecule has 0 radical (unpaired) electrons. The number of methoxy groups -OCH3 is 1. The van der Waals surface area contributed by atoms with Gasteiger partial charge in [-0.3, -0.25) is 9.69 Å². The fourth-order valence-corrected chi connectivity index (χ4v) is 4.78. The number of nitrogens with one attached hydrogen (secondary N) is 2. The summed E-state index contributed by atoms with van der Waals surface area (Å²) in [5, 5.41) is 4.32. The molecule has 0 spiro atoms. The van der Waals surface area contributed by atoms with Gasteiger partial charge in [0.2, 0.25) is 5.91 Å². The molecular formula is C27H35N3O3. The van der Waals surface area contributed by atoms with E-state index < -0.39 is 0 Å². The van der Waals surface area contributed by atoms with Crippen molar-refractivity contribution >= 4 is 16.8 Å². The third-order valence-corrected chi connectivity index (χ3v) is 6.57. The number of aryl methyl sites for hydroxylation is 1. The monoisotopic (exact) mass is 449 g/mol. The first-order valence-electron chi connectivity index (χ1n) is 12.0. The van der Waals surface area contributed by atoms with Crippen LogP contribution in [0.15, 0.2) is 48.7 Å². The van der Waals surface area contributed by atoms with E-state index in [0.29, 0.717) is 13.0 Å². The van der Waals surface area contributed by atoms with E-state index in [1.165, 1.54) is 10.9 Å². The van der Waals surface area contributed by atoms with Gasteiger partial charge in [-0.05, 0) is 36.6 Å². The average Bonchev–Trinajstić information content (AvgIpc) is 3.30. The number of fused-ring (bicyclic) bond motifs is 1. The van der Waals surface area contributed by atoms with E-state index >= 15 is 0 Å². The van der Waals surface area contributed by atoms with Crippen LogP contribution >= 0.6 is 0 Å². The summed E-state index contributed by atoms with van der Waals surface area (Å²) < 4.78 is 11.1. The fraction of sp³-hybridized carbons (Fsp3) is 0.444. The zero-order valence-corrected chi connectivity index (χ0v) is 19.7. The second kappa shape index (κ2) is 11.3. The van der Waals surface area contributed by atoms with Crippen molar-refractivity contribution in [2.45, 2.75) is 32.1 Å². The summed E-state index contributed by atoms with van der Waals surface area (Å²) in [6.45, 7) is 7.39. The van der Waals surface area contributed by atoms with E-state index in [0.717, 1.165) is 68.1 Å². The lowest BCUT2D eigenvalue weighted by atomic mass is 9.87. The molecule has 1 saturated heterocycles. The predicted molar refractivity (Wildman–Crippen MR) is 132 cm³/mol. The van der Waals surface area contributed by atoms with E-state index in [9.17, 15) is 4.79 Å². The normalized spacial score (nSPS) is 15.5. The molecule has 1 aliphatic heterocycles. The number of carbonyl (C=O) groups excluding carboxylic acids is 1. The Morgan fingerprint density at radius 3 is 2.76 bits per heavy atom. The van der Waals surface area contributed by atoms with Gasteiger partial charge in [0, 0.05) is 54.6 Å². The minimum absolute atomic E-state index is 0.0638. The van der Waals surface area contributed by atoms with Crippen molar-refractivity contribution in [1.29, 1.82) is 0 Å². The molecule has 2 aromatic carbocycles. The number of nitrogens with zero attached hydrogens (tertiary/aromatic N) is 1. The number of para-hydroxylation sites is 2. The molecule has 1 fully saturated rings. The van der Waals surface area contributed by atoms with Crippen LogP contribution in [0.25, 0.3) is 10.9 Å². The molecule has 2 N–H and O–H groups in total. The summed E-state index contributed by atoms with van der Waals surface area (Å²) >= 11 is 0. The lowest BCUT2D eigenvalue weighted by Crippen LogP contribution is -2.38. The van der Waals surface area contributed by atoms with Gasteiger partial charge < -0.3 is 19.8 Å². The van der Waals surface area contributed by atoms with Crippen LogP contribution in [0.5, 0.6) is 5.75 Å². The molecule has 0 saturated carbocycles. The Hall–Kier alpha value is -2.83. The van der Waals surface area contributed by atoms with E-state index in [-0.39, 0.29) is 11.8 Å². The lowest BCUT2D eigenvalue weighted by molar-refractivity contribution is -0.121. The third kappa shape index (κ3) is 5.57. The SMILES string of the molecule is CCc1cccc2c([C@H](CC(=O)NCCCN3CCOCC3)c3ccccc3OC)c[nH]c12. The van der Waals surface area contributed by atoms with Crippen molar-refractivity contribution in [3.8, 4) is 5.75 Å². The average molecular weight is 450 g/mol. The quantitative estimate of drug-likeness (QED) is 0.458. The number of carbonyl (C=O) groups is 1. The summed E-state index contributed by atoms with van der Waals surface area (Å²) in [6, 6.07) is 14.4. The number of amides is 1. The highest BCUT2D eigenvalue weighted by Gasteiger charge is 2.24. The van der Waals surface area contributed by atoms with E-state index in [1.807, 2.05) is 18.2 Å². The first kappa shape index (κ1) is 23.3. The summed E-state index contributed by atoms with van der Waals surface area (Å²) in [7, 11) is 1.69. The second-order valence-electron chi connectivity index (χ2n) is 8.59. The zero-order valence-electron chi connectivity index (χ0n) is 19.7. The number of benzene rings is 2. The third-order valence-electron chi connectivity index (χ3n) is 6.57. The van der Waals surface area contributed by atoms with Gasteiger partial charge in [0.15, 0.2) is 0 Å². The molecule has 1 aromatic heterocycles. The van der Waals surface area contributed by atoms with Crippen molar-refractivity contribution in [1.82, 2.24) is 15.2 Å². The van der Waals surface area contributed by atoms with Gasteiger partial charge in [0.05, 0.1) is 20.3 Å². The number of hydrogen-bond donors (Lipinski definition) is 2. The number of H-pyrrole nitrogens is 1. The number of aromatic nitrogens is 1. The topological polar surface area (TPSA) is 66.6 Å². The zero-order chi connectivity index (χ0) is 23.0. The lowest BCUT2D eigenvalue weighted by Gasteiger charge is -2.26. The molecule has 0 unspecified atom stereocenters. The molecule has 6 heteroatoms. The minimum atomic E-state index is -0.0961. The standard InChI is InChI=1S/C27H35N3O3/c1-3-20-8-6-10-22-24(19-29-27(20)22)23(21-9-4-5-11-25(21)32-2)18-26(31)28-12-7-13-30-14-16-33-17-15-30/h4-6,8-11,19,23,29H,3,7,12-18H2,1-2H3,(H,28,31)/t23-/m1/s1. The predicted octanol–water partition coefficient (Wildman–Crippen LogP) is 4.10. The van der Waals surface area contributed by atoms with Gasteiger partial charge in [-0.1, -0.05) is 43.3 Å². The summed E-state index contributed by atoms with van der Waals surface area (Å²) in [6.07, 6.45) is 4.34. The van der Waals surface area contributed by atoms with Crippen LogP contribution in [0.1, 0.15) is 42.4 Å². The number of rotatable bonds is 10. The van der Waals surface area contributed by atoms with Crippen LogP contribution in [-0.4, -0.2) is 62.3 Å². The van der Waals surface area contributed by atoms with Crippen LogP contribution in [-0.2, 0) is 16.0 Å². The number of morpholine rings is 1. The Labute approximate surface area is 196 Å². The molecule has 6 nitrogen and oxygen atoms in total. The summed E-state index contributed by atoms with van der Waals surface area (Å²) in [5.74, 6) is 0.777. The molecule has 0 aliphatic carbocycles. The highest BCUT2D eigenvalue weighted by molar-refractivity contribution is 5.88. The number of ether oxygens (including phenoxy) is 2. The van der Waals surface area contributed by atoms with Crippen molar-refractivity contribution in [3.63, 3.8) is 0 Å². The Morgan fingerprint density at radius 1 is 1.15 bits per heavy atom. The van der Waals surface area contributed by atoms with Gasteiger partial charge in [-0.15, -0.1) is 0 Å². The van der Waals surface area contributed by atoms with Crippen molar-refractivity contribution in [2.24, 2.45) is 0 Å². The first-order valence-corrected chi connectivity index (χ1v) is 12.0. The van der Waals surface area contributed by atoms with E-state index in [4.69, 9.17) is 9.47 Å². The van der Waals surface area contributed by atoms with Crippen LogP contribution < -0.4 is 10.1 Å². The summed E-state index contributed by atoms with van der Waals surface area (Å²) in [5.41, 5.74) is 4.60.